The number of unbranched alkanes of at least 4 members (excludes halogenated alkanes) is 6. The molecule has 0 fully saturated rings. The minimum Gasteiger partial charge on any atom is -0.300 e. The molecule has 108 valence electrons. The maximum atomic E-state index is 11.1. The maximum Gasteiger partial charge on any atom is 0.268 e. The van der Waals surface area contributed by atoms with Crippen molar-refractivity contribution in [2.45, 2.75) is 76.9 Å². The second-order valence-electron chi connectivity index (χ2n) is 4.95. The minimum absolute atomic E-state index is 0.0747. The van der Waals surface area contributed by atoms with Gasteiger partial charge in [0, 0.05) is 6.42 Å². The molecule has 0 radical (unpaired) electrons. The first-order valence-corrected chi connectivity index (χ1v) is 8.34. The first-order chi connectivity index (χ1) is 8.38. The molecule has 5 heteroatoms. The Balaban J connectivity index is 3.81. The van der Waals surface area contributed by atoms with E-state index in [1.807, 2.05) is 0 Å². The smallest absolute Gasteiger partial charge is 0.268 e. The molecular formula is C13H26O4S. The van der Waals surface area contributed by atoms with E-state index in [1.165, 1.54) is 32.6 Å². The third-order valence-corrected chi connectivity index (χ3v) is 4.31. The SMILES string of the molecule is CCCCCCCCCC(CC(C)=O)S(=O)(=O)O. The lowest BCUT2D eigenvalue weighted by Gasteiger charge is -2.11. The average Bonchev–Trinajstić information content (AvgIpc) is 2.24. The van der Waals surface area contributed by atoms with Crippen LogP contribution in [0.1, 0.15) is 71.6 Å². The quantitative estimate of drug-likeness (QED) is 0.464. The number of rotatable bonds is 11. The standard InChI is InChI=1S/C13H26O4S/c1-3-4-5-6-7-8-9-10-13(11-12(2)14)18(15,16)17/h13H,3-11H2,1-2H3,(H,15,16,17). The molecule has 0 saturated carbocycles. The average molecular weight is 278 g/mol. The maximum absolute atomic E-state index is 11.1. The zero-order valence-corrected chi connectivity index (χ0v) is 12.3. The van der Waals surface area contributed by atoms with Crippen LogP contribution in [-0.2, 0) is 14.9 Å². The number of ketones is 1. The number of carbonyl (C=O) groups excluding carboxylic acids is 1. The van der Waals surface area contributed by atoms with Crippen LogP contribution >= 0.6 is 0 Å². The van der Waals surface area contributed by atoms with Crippen LogP contribution in [0.15, 0.2) is 0 Å². The van der Waals surface area contributed by atoms with Crippen LogP contribution in [0.4, 0.5) is 0 Å². The molecule has 0 aliphatic rings. The lowest BCUT2D eigenvalue weighted by Crippen LogP contribution is -2.23. The highest BCUT2D eigenvalue weighted by Gasteiger charge is 2.23. The molecule has 0 saturated heterocycles. The van der Waals surface area contributed by atoms with Gasteiger partial charge in [0.15, 0.2) is 0 Å². The molecule has 0 aliphatic heterocycles. The van der Waals surface area contributed by atoms with Crippen molar-refractivity contribution in [3.63, 3.8) is 0 Å². The molecule has 0 aromatic heterocycles. The van der Waals surface area contributed by atoms with E-state index >= 15 is 0 Å². The molecule has 4 nitrogen and oxygen atoms in total. The first-order valence-electron chi connectivity index (χ1n) is 6.83. The fraction of sp³-hybridized carbons (Fsp3) is 0.923. The van der Waals surface area contributed by atoms with Crippen molar-refractivity contribution in [1.82, 2.24) is 0 Å². The highest BCUT2D eigenvalue weighted by molar-refractivity contribution is 7.86. The number of hydrogen-bond acceptors (Lipinski definition) is 3. The van der Waals surface area contributed by atoms with Crippen molar-refractivity contribution in [2.75, 3.05) is 0 Å². The molecule has 1 N–H and O–H groups in total. The summed E-state index contributed by atoms with van der Waals surface area (Å²) >= 11 is 0. The van der Waals surface area contributed by atoms with Crippen molar-refractivity contribution in [1.29, 1.82) is 0 Å². The Labute approximate surface area is 111 Å². The van der Waals surface area contributed by atoms with E-state index in [-0.39, 0.29) is 12.2 Å². The highest BCUT2D eigenvalue weighted by atomic mass is 32.2. The summed E-state index contributed by atoms with van der Waals surface area (Å²) in [6.07, 6.45) is 7.99. The van der Waals surface area contributed by atoms with Crippen LogP contribution in [-0.4, -0.2) is 24.0 Å². The lowest BCUT2D eigenvalue weighted by atomic mass is 10.1. The van der Waals surface area contributed by atoms with Crippen LogP contribution in [0.25, 0.3) is 0 Å². The van der Waals surface area contributed by atoms with Crippen molar-refractivity contribution in [2.24, 2.45) is 0 Å². The van der Waals surface area contributed by atoms with Crippen LogP contribution in [0.3, 0.4) is 0 Å². The predicted molar refractivity (Wildman–Crippen MR) is 73.2 cm³/mol. The topological polar surface area (TPSA) is 71.4 Å². The highest BCUT2D eigenvalue weighted by Crippen LogP contribution is 2.16. The molecule has 0 aromatic carbocycles. The molecular weight excluding hydrogens is 252 g/mol. The van der Waals surface area contributed by atoms with Crippen LogP contribution in [0.5, 0.6) is 0 Å². The van der Waals surface area contributed by atoms with Gasteiger partial charge in [-0.15, -0.1) is 0 Å². The summed E-state index contributed by atoms with van der Waals surface area (Å²) in [4.78, 5) is 10.9. The van der Waals surface area contributed by atoms with E-state index in [9.17, 15) is 13.2 Å². The molecule has 0 amide bonds. The second kappa shape index (κ2) is 9.50. The molecule has 1 unspecified atom stereocenters. The van der Waals surface area contributed by atoms with Gasteiger partial charge in [-0.1, -0.05) is 51.9 Å². The Hall–Kier alpha value is -0.420. The summed E-state index contributed by atoms with van der Waals surface area (Å²) in [6, 6.07) is 0. The summed E-state index contributed by atoms with van der Waals surface area (Å²) in [6.45, 7) is 3.52. The fourth-order valence-corrected chi connectivity index (χ4v) is 2.92. The molecule has 0 spiro atoms. The Morgan fingerprint density at radius 2 is 1.56 bits per heavy atom. The van der Waals surface area contributed by atoms with E-state index in [0.29, 0.717) is 6.42 Å². The molecule has 0 bridgehead atoms. The van der Waals surface area contributed by atoms with Crippen LogP contribution in [0, 0.1) is 0 Å². The molecule has 0 heterocycles. The lowest BCUT2D eigenvalue weighted by molar-refractivity contribution is -0.117. The number of Topliss-reactive ketones (excluding diaryl/α,β-unsaturated/α-hetero) is 1. The van der Waals surface area contributed by atoms with E-state index in [2.05, 4.69) is 6.92 Å². The number of hydrogen-bond donors (Lipinski definition) is 1. The monoisotopic (exact) mass is 278 g/mol. The molecule has 18 heavy (non-hydrogen) atoms. The molecule has 1 atom stereocenters. The van der Waals surface area contributed by atoms with Crippen LogP contribution in [0.2, 0.25) is 0 Å². The summed E-state index contributed by atoms with van der Waals surface area (Å²) in [5.41, 5.74) is 0. The van der Waals surface area contributed by atoms with Crippen LogP contribution < -0.4 is 0 Å². The van der Waals surface area contributed by atoms with Gasteiger partial charge in [-0.05, 0) is 13.3 Å². The van der Waals surface area contributed by atoms with E-state index in [0.717, 1.165) is 19.3 Å². The van der Waals surface area contributed by atoms with Crippen molar-refractivity contribution >= 4 is 15.9 Å². The molecule has 0 rings (SSSR count). The van der Waals surface area contributed by atoms with E-state index in [4.69, 9.17) is 4.55 Å². The zero-order chi connectivity index (χ0) is 14.0. The van der Waals surface area contributed by atoms with Crippen molar-refractivity contribution in [3.05, 3.63) is 0 Å². The van der Waals surface area contributed by atoms with Gasteiger partial charge < -0.3 is 0 Å². The Morgan fingerprint density at radius 3 is 2.00 bits per heavy atom. The van der Waals surface area contributed by atoms with E-state index < -0.39 is 15.4 Å². The van der Waals surface area contributed by atoms with Gasteiger partial charge in [-0.25, -0.2) is 0 Å². The van der Waals surface area contributed by atoms with Gasteiger partial charge in [0.25, 0.3) is 10.1 Å². The largest absolute Gasteiger partial charge is 0.300 e. The van der Waals surface area contributed by atoms with Crippen molar-refractivity contribution in [3.8, 4) is 0 Å². The molecule has 0 aliphatic carbocycles. The van der Waals surface area contributed by atoms with Gasteiger partial charge in [-0.2, -0.15) is 8.42 Å². The van der Waals surface area contributed by atoms with Gasteiger partial charge in [-0.3, -0.25) is 9.35 Å². The zero-order valence-electron chi connectivity index (χ0n) is 11.5. The third kappa shape index (κ3) is 9.59. The van der Waals surface area contributed by atoms with Crippen molar-refractivity contribution < 1.29 is 17.8 Å². The third-order valence-electron chi connectivity index (χ3n) is 3.07. The Bertz CT molecular complexity index is 322. The van der Waals surface area contributed by atoms with Gasteiger partial charge in [0.2, 0.25) is 0 Å². The number of carbonyl (C=O) groups is 1. The second-order valence-corrected chi connectivity index (χ2v) is 6.65. The predicted octanol–water partition coefficient (Wildman–Crippen LogP) is 3.36. The molecule has 0 aromatic rings. The Morgan fingerprint density at radius 1 is 1.06 bits per heavy atom. The summed E-state index contributed by atoms with van der Waals surface area (Å²) < 4.78 is 31.2. The first kappa shape index (κ1) is 17.6. The summed E-state index contributed by atoms with van der Waals surface area (Å²) in [5.74, 6) is -0.194. The Kier molecular flexibility index (Phi) is 9.28. The van der Waals surface area contributed by atoms with Gasteiger partial charge >= 0.3 is 0 Å². The normalized spacial score (nSPS) is 13.5. The van der Waals surface area contributed by atoms with E-state index in [1.54, 1.807) is 0 Å². The summed E-state index contributed by atoms with van der Waals surface area (Å²) in [5, 5.41) is -0.911. The van der Waals surface area contributed by atoms with Gasteiger partial charge in [0.05, 0.1) is 5.25 Å². The summed E-state index contributed by atoms with van der Waals surface area (Å²) in [7, 11) is -4.08. The van der Waals surface area contributed by atoms with Gasteiger partial charge in [0.1, 0.15) is 5.78 Å². The fourth-order valence-electron chi connectivity index (χ4n) is 2.01. The minimum atomic E-state index is -4.08.